The van der Waals surface area contributed by atoms with Gasteiger partial charge in [0.05, 0.1) is 70.3 Å². The number of aryl methyl sites for hydroxylation is 8. The topological polar surface area (TPSA) is 479 Å². The van der Waals surface area contributed by atoms with Crippen molar-refractivity contribution in [3.63, 3.8) is 0 Å². The Kier molecular flexibility index (Phi) is 29.0. The summed E-state index contributed by atoms with van der Waals surface area (Å²) >= 11 is 5.30. The van der Waals surface area contributed by atoms with Crippen LogP contribution < -0.4 is 76.1 Å². The molecular formula is C96H118F2N24O8S4. The number of halogens is 2. The fourth-order valence-electron chi connectivity index (χ4n) is 19.9. The number of pyridine rings is 6. The molecular weight excluding hydrogens is 1780 g/mol. The van der Waals surface area contributed by atoms with Crippen molar-refractivity contribution in [3.8, 4) is 0 Å². The molecule has 16 heterocycles. The highest BCUT2D eigenvalue weighted by molar-refractivity contribution is 7.22. The maximum Gasteiger partial charge on any atom is 0.263 e. The summed E-state index contributed by atoms with van der Waals surface area (Å²) in [7, 11) is 6.74. The Hall–Kier alpha value is -10.9. The second-order valence-corrected chi connectivity index (χ2v) is 41.1. The van der Waals surface area contributed by atoms with E-state index < -0.39 is 0 Å². The number of hydrogen-bond donors (Lipinski definition) is 10. The Balaban J connectivity index is 0.000000124. The van der Waals surface area contributed by atoms with Gasteiger partial charge in [0.2, 0.25) is 0 Å². The van der Waals surface area contributed by atoms with Crippen LogP contribution in [-0.4, -0.2) is 217 Å². The second-order valence-electron chi connectivity index (χ2n) is 37.1. The first kappa shape index (κ1) is 94.9. The van der Waals surface area contributed by atoms with Crippen LogP contribution in [0.2, 0.25) is 0 Å². The lowest BCUT2D eigenvalue weighted by atomic mass is 9.83. The molecule has 32 nitrogen and oxygen atoms in total. The number of hydrogen-bond acceptors (Lipinski definition) is 34. The predicted molar refractivity (Wildman–Crippen MR) is 525 cm³/mol. The van der Waals surface area contributed by atoms with Crippen molar-refractivity contribution in [2.24, 2.45) is 58.4 Å². The number of rotatable bonds is 22. The summed E-state index contributed by atoms with van der Waals surface area (Å²) in [5.74, 6) is 3.03. The fraction of sp³-hybridized carbons (Fsp3) is 0.479. The quantitative estimate of drug-likeness (QED) is 0.0282. The smallest absolute Gasteiger partial charge is 0.263 e. The van der Waals surface area contributed by atoms with Crippen LogP contribution >= 0.6 is 45.3 Å². The molecule has 38 heteroatoms. The molecule has 4 aliphatic carbocycles. The molecule has 708 valence electrons. The van der Waals surface area contributed by atoms with E-state index in [1.807, 2.05) is 61.8 Å². The first-order valence-electron chi connectivity index (χ1n) is 45.9. The van der Waals surface area contributed by atoms with Crippen LogP contribution in [0, 0.1) is 74.8 Å². The Labute approximate surface area is 792 Å². The molecule has 12 aromatic heterocycles. The average molecular weight is 1900 g/mol. The van der Waals surface area contributed by atoms with E-state index in [0.29, 0.717) is 165 Å². The van der Waals surface area contributed by atoms with Gasteiger partial charge in [-0.15, -0.1) is 45.3 Å². The summed E-state index contributed by atoms with van der Waals surface area (Å²) in [4.78, 5) is 111. The number of Topliss-reactive ketones (excluding diaryl/α,β-unsaturated/α-hetero) is 2. The molecule has 0 unspecified atom stereocenters. The molecule has 0 spiro atoms. The van der Waals surface area contributed by atoms with Crippen molar-refractivity contribution in [2.45, 2.75) is 154 Å². The molecule has 4 saturated heterocycles. The van der Waals surface area contributed by atoms with Crippen molar-refractivity contribution in [3.05, 3.63) is 172 Å². The van der Waals surface area contributed by atoms with Crippen LogP contribution in [0.5, 0.6) is 0 Å². The van der Waals surface area contributed by atoms with Crippen LogP contribution in [0.3, 0.4) is 0 Å². The molecule has 8 aliphatic rings. The zero-order valence-corrected chi connectivity index (χ0v) is 80.0. The number of nitrogens with one attached hydrogen (secondary N) is 2. The van der Waals surface area contributed by atoms with Gasteiger partial charge in [0.1, 0.15) is 51.7 Å². The number of carbonyl (C=O) groups is 4. The van der Waals surface area contributed by atoms with E-state index in [-0.39, 0.29) is 94.9 Å². The number of amides is 2. The minimum Gasteiger partial charge on any atom is -0.397 e. The number of ketones is 2. The Morgan fingerprint density at radius 1 is 0.396 bits per heavy atom. The molecule has 4 aliphatic heterocycles. The first-order chi connectivity index (χ1) is 64.5. The zero-order chi connectivity index (χ0) is 94.2. The SMILES string of the molecule is COC[C@@H]1CN(c2ccc3c(n2)CC[C@H](NC(=O)c2sc4nc(C)cnc4c2N)C3)C[C@@H]1N.COC[C@@H]1CN(c2nc3c(cc2F)C[C@@H](CC(=O)c2sc4nc(C)ccc4c2N)CC3)C[C@@H]1N.COC[C@H]1CN(c2ccc3c(n2)CC[C@H](NC(=O)c2sc4nc(C)cnc4c2N)C3)C[C@H]1N.COC[C@H]1CN(c2nc3c(cc2F)C[C@@H](CC(=O)c2sc4nc(C)ccc4c2N)CC3)C[C@H]1N. The van der Waals surface area contributed by atoms with Crippen LogP contribution in [0.4, 0.5) is 54.8 Å². The molecule has 20 rings (SSSR count). The number of fused-ring (bicyclic) bond motifs is 8. The summed E-state index contributed by atoms with van der Waals surface area (Å²) < 4.78 is 51.2. The van der Waals surface area contributed by atoms with Crippen LogP contribution in [0.1, 0.15) is 145 Å². The highest BCUT2D eigenvalue weighted by Gasteiger charge is 2.40. The maximum atomic E-state index is 15.1. The minimum atomic E-state index is -0.328. The Morgan fingerprint density at radius 2 is 0.739 bits per heavy atom. The summed E-state index contributed by atoms with van der Waals surface area (Å²) in [5, 5.41) is 7.98. The van der Waals surface area contributed by atoms with E-state index in [9.17, 15) is 19.2 Å². The van der Waals surface area contributed by atoms with Crippen LogP contribution in [-0.2, 0) is 70.3 Å². The zero-order valence-electron chi connectivity index (χ0n) is 76.8. The highest BCUT2D eigenvalue weighted by Crippen LogP contribution is 2.42. The summed E-state index contributed by atoms with van der Waals surface area (Å²) in [6, 6.07) is 19.4. The number of aromatic nitrogens is 10. The lowest BCUT2D eigenvalue weighted by Gasteiger charge is -2.26. The number of nitrogen functional groups attached to an aromatic ring is 4. The summed E-state index contributed by atoms with van der Waals surface area (Å²) in [6.07, 6.45) is 13.3. The number of nitrogens with two attached hydrogens (primary N) is 8. The lowest BCUT2D eigenvalue weighted by molar-refractivity contribution is 0.0930. The molecule has 134 heavy (non-hydrogen) atoms. The molecule has 12 aromatic rings. The van der Waals surface area contributed by atoms with Gasteiger partial charge in [-0.2, -0.15) is 0 Å². The van der Waals surface area contributed by atoms with Crippen molar-refractivity contribution in [1.29, 1.82) is 0 Å². The largest absolute Gasteiger partial charge is 0.397 e. The van der Waals surface area contributed by atoms with E-state index in [2.05, 4.69) is 74.6 Å². The number of methoxy groups -OCH3 is 4. The highest BCUT2D eigenvalue weighted by atomic mass is 32.1. The summed E-state index contributed by atoms with van der Waals surface area (Å²) in [5.41, 5.74) is 64.6. The average Bonchev–Trinajstić information content (AvgIpc) is 1.06. The third kappa shape index (κ3) is 20.6. The van der Waals surface area contributed by atoms with Crippen molar-refractivity contribution < 1.29 is 46.9 Å². The maximum absolute atomic E-state index is 15.1. The van der Waals surface area contributed by atoms with E-state index in [1.165, 1.54) is 56.5 Å². The van der Waals surface area contributed by atoms with Gasteiger partial charge in [-0.25, -0.2) is 58.6 Å². The Bertz CT molecular complexity index is 6020. The predicted octanol–water partition coefficient (Wildman–Crippen LogP) is 10.4. The third-order valence-corrected chi connectivity index (χ3v) is 31.7. The second kappa shape index (κ2) is 41.0. The van der Waals surface area contributed by atoms with Crippen molar-refractivity contribution >= 4 is 156 Å². The van der Waals surface area contributed by atoms with Crippen molar-refractivity contribution in [1.82, 2.24) is 60.5 Å². The van der Waals surface area contributed by atoms with Gasteiger partial charge in [-0.3, -0.25) is 19.2 Å². The normalized spacial score (nSPS) is 22.4. The number of nitrogens with zero attached hydrogens (tertiary/aromatic N) is 14. The van der Waals surface area contributed by atoms with Gasteiger partial charge in [0.25, 0.3) is 11.8 Å². The van der Waals surface area contributed by atoms with Gasteiger partial charge >= 0.3 is 0 Å². The van der Waals surface area contributed by atoms with E-state index in [4.69, 9.17) is 84.8 Å². The van der Waals surface area contributed by atoms with Crippen LogP contribution in [0.15, 0.2) is 73.1 Å². The number of thiophene rings is 4. The molecule has 0 bridgehead atoms. The molecule has 0 aromatic carbocycles. The van der Waals surface area contributed by atoms with Crippen LogP contribution in [0.25, 0.3) is 41.1 Å². The number of ether oxygens (including phenoxy) is 4. The van der Waals surface area contributed by atoms with Crippen molar-refractivity contribution in [2.75, 3.05) is 150 Å². The van der Waals surface area contributed by atoms with E-state index >= 15 is 8.78 Å². The lowest BCUT2D eigenvalue weighted by Crippen LogP contribution is -2.39. The van der Waals surface area contributed by atoms with Gasteiger partial charge in [0, 0.05) is 211 Å². The first-order valence-corrected chi connectivity index (χ1v) is 49.1. The molecule has 4 fully saturated rings. The van der Waals surface area contributed by atoms with Gasteiger partial charge < -0.3 is 95.1 Å². The van der Waals surface area contributed by atoms with E-state index in [0.717, 1.165) is 179 Å². The van der Waals surface area contributed by atoms with Gasteiger partial charge in [-0.05, 0) is 187 Å². The number of anilines is 8. The standard InChI is InChI=1S/2C25H30FN5O2S.2C23H29N7O2S/c2*1-13-3-5-17-22(28)23(34-25(17)29-13)21(32)8-14-4-6-20-15(7-14)9-18(26)24(30-20)31-10-16(12-33-2)19(27)11-31;2*1-12-8-26-20-19(25)21(33-23(20)27-12)22(31)28-15-4-5-17-13(7-15)3-6-18(29-17)30-9-14(11-32-2)16(24)10-30/h2*3,5,9,14,16,19H,4,6-8,10-12,27-28H2,1-2H3;2*3,6,8,14-16H,4-5,7,9-11,24-25H2,1-2H3,(H,28,31)/t14-,16+,19+;14-,16-,19-;14-,15+,16-;14-,15-,16-/m0010/s1. The molecule has 12 atom stereocenters. The molecule has 2 amide bonds. The fourth-order valence-corrected chi connectivity index (χ4v) is 24.1. The molecule has 18 N–H and O–H groups in total. The van der Waals surface area contributed by atoms with Gasteiger partial charge in [0.15, 0.2) is 34.8 Å². The van der Waals surface area contributed by atoms with E-state index in [1.54, 1.807) is 53.0 Å². The summed E-state index contributed by atoms with van der Waals surface area (Å²) in [6.45, 7) is 15.7. The number of carbonyl (C=O) groups excluding carboxylic acids is 4. The third-order valence-electron chi connectivity index (χ3n) is 27.2. The van der Waals surface area contributed by atoms with Gasteiger partial charge in [-0.1, -0.05) is 12.1 Å². The molecule has 0 saturated carbocycles. The monoisotopic (exact) mass is 1900 g/mol. The Morgan fingerprint density at radius 3 is 1.12 bits per heavy atom. The minimum absolute atomic E-state index is 0.0342. The molecule has 0 radical (unpaired) electrons.